The van der Waals surface area contributed by atoms with Gasteiger partial charge in [0.1, 0.15) is 5.52 Å². The molecule has 254 valence electrons. The molecule has 0 saturated heterocycles. The lowest BCUT2D eigenvalue weighted by molar-refractivity contribution is -0.143. The Labute approximate surface area is 274 Å². The van der Waals surface area contributed by atoms with Gasteiger partial charge < -0.3 is 15.1 Å². The van der Waals surface area contributed by atoms with E-state index in [0.29, 0.717) is 58.6 Å². The number of fused-ring (bicyclic) bond motifs is 1. The Hall–Kier alpha value is -4.37. The number of benzene rings is 3. The van der Waals surface area contributed by atoms with E-state index in [0.717, 1.165) is 49.8 Å². The molecule has 6 nitrogen and oxygen atoms in total. The smallest absolute Gasteiger partial charge is 0.416 e. The Balaban J connectivity index is 1.06. The number of hydrogen-bond donors (Lipinski definition) is 2. The minimum absolute atomic E-state index is 0.0622. The average molecular weight is 671 g/mol. The molecule has 0 spiro atoms. The van der Waals surface area contributed by atoms with Gasteiger partial charge in [-0.15, -0.1) is 0 Å². The second-order valence-corrected chi connectivity index (χ2v) is 12.8. The van der Waals surface area contributed by atoms with Crippen LogP contribution in [0.1, 0.15) is 90.0 Å². The molecule has 0 aliphatic heterocycles. The molecule has 0 bridgehead atoms. The lowest BCUT2D eigenvalue weighted by Crippen LogP contribution is -2.31. The molecule has 2 N–H and O–H groups in total. The van der Waals surface area contributed by atoms with Crippen molar-refractivity contribution in [1.82, 2.24) is 15.6 Å². The molecule has 3 aromatic carbocycles. The van der Waals surface area contributed by atoms with Gasteiger partial charge >= 0.3 is 12.4 Å². The molecule has 0 radical (unpaired) electrons. The highest BCUT2D eigenvalue weighted by atomic mass is 19.4. The van der Waals surface area contributed by atoms with Crippen LogP contribution in [0.25, 0.3) is 22.6 Å². The van der Waals surface area contributed by atoms with E-state index in [1.807, 2.05) is 19.9 Å². The number of nitrogens with zero attached hydrogens (tertiary/aromatic N) is 2. The zero-order chi connectivity index (χ0) is 34.6. The van der Waals surface area contributed by atoms with Crippen molar-refractivity contribution in [3.63, 3.8) is 0 Å². The number of rotatable bonds is 10. The number of nitriles is 1. The van der Waals surface area contributed by atoms with Crippen LogP contribution in [0, 0.1) is 23.2 Å². The lowest BCUT2D eigenvalue weighted by atomic mass is 9.80. The first kappa shape index (κ1) is 35.0. The highest BCUT2D eigenvalue weighted by Crippen LogP contribution is 2.37. The van der Waals surface area contributed by atoms with Crippen LogP contribution in [-0.2, 0) is 18.9 Å². The fourth-order valence-corrected chi connectivity index (χ4v) is 6.16. The van der Waals surface area contributed by atoms with Gasteiger partial charge in [-0.25, -0.2) is 4.98 Å². The van der Waals surface area contributed by atoms with E-state index >= 15 is 0 Å². The van der Waals surface area contributed by atoms with Gasteiger partial charge in [0.15, 0.2) is 5.58 Å². The second kappa shape index (κ2) is 14.4. The fourth-order valence-electron chi connectivity index (χ4n) is 6.16. The van der Waals surface area contributed by atoms with Crippen molar-refractivity contribution < 1.29 is 35.6 Å². The minimum Gasteiger partial charge on any atom is -0.436 e. The monoisotopic (exact) mass is 670 g/mol. The first-order valence-corrected chi connectivity index (χ1v) is 15.9. The van der Waals surface area contributed by atoms with Crippen molar-refractivity contribution in [3.8, 4) is 17.5 Å². The second-order valence-electron chi connectivity index (χ2n) is 12.8. The normalized spacial score (nSPS) is 17.1. The molecule has 1 heterocycles. The summed E-state index contributed by atoms with van der Waals surface area (Å²) in [7, 11) is 0. The molecule has 1 aliphatic rings. The number of hydrogen-bond acceptors (Lipinski definition) is 5. The zero-order valence-corrected chi connectivity index (χ0v) is 26.6. The van der Waals surface area contributed by atoms with Gasteiger partial charge in [0, 0.05) is 29.8 Å². The molecule has 0 atom stereocenters. The first-order chi connectivity index (χ1) is 22.7. The Morgan fingerprint density at radius 3 is 2.15 bits per heavy atom. The summed E-state index contributed by atoms with van der Waals surface area (Å²) >= 11 is 0. The Morgan fingerprint density at radius 1 is 0.938 bits per heavy atom. The molecule has 1 aliphatic carbocycles. The summed E-state index contributed by atoms with van der Waals surface area (Å²) in [5, 5.41) is 15.4. The van der Waals surface area contributed by atoms with Gasteiger partial charge in [-0.2, -0.15) is 31.6 Å². The zero-order valence-electron chi connectivity index (χ0n) is 26.6. The van der Waals surface area contributed by atoms with E-state index in [2.05, 4.69) is 21.7 Å². The average Bonchev–Trinajstić information content (AvgIpc) is 3.49. The van der Waals surface area contributed by atoms with E-state index < -0.39 is 23.5 Å². The van der Waals surface area contributed by atoms with E-state index in [9.17, 15) is 36.4 Å². The maximum atomic E-state index is 13.1. The quantitative estimate of drug-likeness (QED) is 0.130. The fraction of sp³-hybridized carbons (Fsp3) is 0.417. The van der Waals surface area contributed by atoms with Crippen LogP contribution in [0.3, 0.4) is 0 Å². The number of carbonyl (C=O) groups is 1. The van der Waals surface area contributed by atoms with Crippen LogP contribution in [0.2, 0.25) is 0 Å². The van der Waals surface area contributed by atoms with Crippen molar-refractivity contribution in [3.05, 3.63) is 88.0 Å². The Bertz CT molecular complexity index is 1750. The predicted octanol–water partition coefficient (Wildman–Crippen LogP) is 9.24. The molecule has 48 heavy (non-hydrogen) atoms. The van der Waals surface area contributed by atoms with Gasteiger partial charge in [0.05, 0.1) is 22.8 Å². The maximum absolute atomic E-state index is 13.1. The number of amides is 1. The van der Waals surface area contributed by atoms with Gasteiger partial charge in [-0.3, -0.25) is 4.79 Å². The molecule has 1 fully saturated rings. The number of halogens is 6. The number of carbonyl (C=O) groups excluding carboxylic acids is 1. The van der Waals surface area contributed by atoms with Crippen molar-refractivity contribution in [2.45, 2.75) is 70.8 Å². The van der Waals surface area contributed by atoms with Crippen LogP contribution in [-0.4, -0.2) is 24.0 Å². The third kappa shape index (κ3) is 8.55. The third-order valence-corrected chi connectivity index (χ3v) is 8.89. The van der Waals surface area contributed by atoms with Crippen LogP contribution >= 0.6 is 0 Å². The maximum Gasteiger partial charge on any atom is 0.416 e. The highest BCUT2D eigenvalue weighted by Gasteiger charge is 2.36. The highest BCUT2D eigenvalue weighted by molar-refractivity contribution is 5.94. The largest absolute Gasteiger partial charge is 0.436 e. The molecule has 4 aromatic rings. The van der Waals surface area contributed by atoms with Crippen LogP contribution in [0.5, 0.6) is 0 Å². The summed E-state index contributed by atoms with van der Waals surface area (Å²) in [5.41, 5.74) is 1.21. The molecule has 1 amide bonds. The van der Waals surface area contributed by atoms with Crippen LogP contribution in [0.15, 0.2) is 59.0 Å². The van der Waals surface area contributed by atoms with Crippen LogP contribution < -0.4 is 10.6 Å². The summed E-state index contributed by atoms with van der Waals surface area (Å²) < 4.78 is 84.7. The van der Waals surface area contributed by atoms with Crippen molar-refractivity contribution >= 4 is 17.0 Å². The summed E-state index contributed by atoms with van der Waals surface area (Å²) in [6.45, 7) is 4.96. The number of alkyl halides is 6. The minimum atomic E-state index is -4.86. The number of oxazole rings is 1. The first-order valence-electron chi connectivity index (χ1n) is 15.9. The van der Waals surface area contributed by atoms with Gasteiger partial charge in [-0.05, 0) is 104 Å². The molecule has 0 unspecified atom stereocenters. The van der Waals surface area contributed by atoms with E-state index in [4.69, 9.17) is 4.42 Å². The lowest BCUT2D eigenvalue weighted by Gasteiger charge is -2.28. The van der Waals surface area contributed by atoms with Gasteiger partial charge in [0.25, 0.3) is 5.91 Å². The Morgan fingerprint density at radius 2 is 1.56 bits per heavy atom. The summed E-state index contributed by atoms with van der Waals surface area (Å²) in [6, 6.07) is 14.3. The van der Waals surface area contributed by atoms with Crippen LogP contribution in [0.4, 0.5) is 26.3 Å². The SMILES string of the molecule is CC(C)c1cc(C#N)cc2nc(-c3ccc(C(=O)NCC4CCC(CCNCc5cc(C(F)(F)F)cc(C(F)(F)F)c5)CC4)cc3)oc12. The Kier molecular flexibility index (Phi) is 10.5. The number of aromatic nitrogens is 1. The van der Waals surface area contributed by atoms with Gasteiger partial charge in [0.2, 0.25) is 5.89 Å². The molecule has 12 heteroatoms. The van der Waals surface area contributed by atoms with E-state index in [1.165, 1.54) is 0 Å². The summed E-state index contributed by atoms with van der Waals surface area (Å²) in [5.74, 6) is 1.07. The third-order valence-electron chi connectivity index (χ3n) is 8.89. The van der Waals surface area contributed by atoms with E-state index in [-0.39, 0.29) is 30.0 Å². The topological polar surface area (TPSA) is 91.0 Å². The number of nitrogens with one attached hydrogen (secondary N) is 2. The standard InChI is InChI=1S/C36H36F6N4O2/c1-21(2)30-15-24(18-43)16-31-32(30)48-34(46-31)27-9-7-26(8-10-27)33(47)45-20-23-5-3-22(4-6-23)11-12-44-19-25-13-28(35(37,38)39)17-29(14-25)36(40,41)42/h7-10,13-17,21-23,44H,3-6,11-12,19-20H2,1-2H3,(H,45,47). The van der Waals surface area contributed by atoms with Crippen molar-refractivity contribution in [2.75, 3.05) is 13.1 Å². The summed E-state index contributed by atoms with van der Waals surface area (Å²) in [6.07, 6.45) is -5.29. The van der Waals surface area contributed by atoms with Gasteiger partial charge in [-0.1, -0.05) is 26.7 Å². The predicted molar refractivity (Wildman–Crippen MR) is 169 cm³/mol. The molecule has 1 saturated carbocycles. The molecular formula is C36H36F6N4O2. The molecule has 5 rings (SSSR count). The summed E-state index contributed by atoms with van der Waals surface area (Å²) in [4.78, 5) is 17.4. The molecular weight excluding hydrogens is 634 g/mol. The molecule has 1 aromatic heterocycles. The van der Waals surface area contributed by atoms with E-state index in [1.54, 1.807) is 30.3 Å². The van der Waals surface area contributed by atoms with Crippen molar-refractivity contribution in [1.29, 1.82) is 5.26 Å². The van der Waals surface area contributed by atoms with Crippen molar-refractivity contribution in [2.24, 2.45) is 11.8 Å².